The summed E-state index contributed by atoms with van der Waals surface area (Å²) in [6.45, 7) is 3.52. The first-order valence-electron chi connectivity index (χ1n) is 10.0. The van der Waals surface area contributed by atoms with Crippen molar-refractivity contribution in [2.24, 2.45) is 13.0 Å². The standard InChI is InChI=1S/C21H24N6O2/c1-26-13-16(12-23-26)18-3-2-14-11-22-20(10-19(14)24-18)25-21(28)15-8-17(9-15)27-4-6-29-7-5-27/h2-3,10-13,15,17H,4-9H2,1H3,(H,22,25,28)/t15-,17-. The number of hydrogen-bond acceptors (Lipinski definition) is 6. The number of hydrogen-bond donors (Lipinski definition) is 1. The molecule has 3 aromatic rings. The third-order valence-electron chi connectivity index (χ3n) is 5.87. The van der Waals surface area contributed by atoms with E-state index >= 15 is 0 Å². The minimum atomic E-state index is 0.0461. The van der Waals surface area contributed by atoms with Gasteiger partial charge in [0, 0.05) is 61.5 Å². The Morgan fingerprint density at radius 3 is 2.79 bits per heavy atom. The van der Waals surface area contributed by atoms with Gasteiger partial charge in [0.2, 0.25) is 5.91 Å². The van der Waals surface area contributed by atoms with Crippen molar-refractivity contribution in [3.05, 3.63) is 36.8 Å². The van der Waals surface area contributed by atoms with Crippen molar-refractivity contribution in [1.82, 2.24) is 24.6 Å². The number of aryl methyl sites for hydroxylation is 1. The topological polar surface area (TPSA) is 85.2 Å². The number of nitrogens with one attached hydrogen (secondary N) is 1. The molecule has 8 heteroatoms. The van der Waals surface area contributed by atoms with Crippen molar-refractivity contribution in [3.63, 3.8) is 0 Å². The number of nitrogens with zero attached hydrogens (tertiary/aromatic N) is 5. The Morgan fingerprint density at radius 2 is 2.03 bits per heavy atom. The summed E-state index contributed by atoms with van der Waals surface area (Å²) in [7, 11) is 1.88. The van der Waals surface area contributed by atoms with Crippen LogP contribution in [0.15, 0.2) is 36.8 Å². The Hall–Kier alpha value is -2.84. The second-order valence-electron chi connectivity index (χ2n) is 7.82. The van der Waals surface area contributed by atoms with Crippen LogP contribution in [0.1, 0.15) is 12.8 Å². The third-order valence-corrected chi connectivity index (χ3v) is 5.87. The normalized spacial score (nSPS) is 22.4. The lowest BCUT2D eigenvalue weighted by Crippen LogP contribution is -2.52. The van der Waals surface area contributed by atoms with Gasteiger partial charge in [-0.25, -0.2) is 9.97 Å². The predicted molar refractivity (Wildman–Crippen MR) is 109 cm³/mol. The molecule has 1 saturated carbocycles. The molecule has 0 unspecified atom stereocenters. The number of carbonyl (C=O) groups excluding carboxylic acids is 1. The van der Waals surface area contributed by atoms with Gasteiger partial charge < -0.3 is 10.1 Å². The molecule has 1 saturated heterocycles. The third kappa shape index (κ3) is 3.73. The van der Waals surface area contributed by atoms with Crippen molar-refractivity contribution in [2.75, 3.05) is 31.6 Å². The molecule has 1 aliphatic heterocycles. The average Bonchev–Trinajstić information content (AvgIpc) is 3.13. The second kappa shape index (κ2) is 7.53. The van der Waals surface area contributed by atoms with E-state index in [4.69, 9.17) is 9.72 Å². The molecule has 5 rings (SSSR count). The first-order chi connectivity index (χ1) is 14.2. The molecule has 0 radical (unpaired) electrons. The van der Waals surface area contributed by atoms with Crippen LogP contribution in [0.2, 0.25) is 0 Å². The Bertz CT molecular complexity index is 1040. The zero-order chi connectivity index (χ0) is 19.8. The monoisotopic (exact) mass is 392 g/mol. The molecule has 3 aromatic heterocycles. The Balaban J connectivity index is 1.26. The van der Waals surface area contributed by atoms with Gasteiger partial charge in [-0.1, -0.05) is 0 Å². The number of pyridine rings is 2. The van der Waals surface area contributed by atoms with E-state index in [0.717, 1.165) is 61.3 Å². The molecule has 0 atom stereocenters. The van der Waals surface area contributed by atoms with Crippen molar-refractivity contribution in [2.45, 2.75) is 18.9 Å². The fraction of sp³-hybridized carbons (Fsp3) is 0.429. The van der Waals surface area contributed by atoms with Crippen molar-refractivity contribution < 1.29 is 9.53 Å². The van der Waals surface area contributed by atoms with E-state index in [1.807, 2.05) is 31.4 Å². The van der Waals surface area contributed by atoms with Gasteiger partial charge >= 0.3 is 0 Å². The number of rotatable bonds is 4. The summed E-state index contributed by atoms with van der Waals surface area (Å²) in [5, 5.41) is 8.11. The van der Waals surface area contributed by atoms with Gasteiger partial charge in [-0.2, -0.15) is 5.10 Å². The van der Waals surface area contributed by atoms with Crippen molar-refractivity contribution in [1.29, 1.82) is 0 Å². The number of ether oxygens (including phenoxy) is 1. The van der Waals surface area contributed by atoms with Crippen LogP contribution in [0.3, 0.4) is 0 Å². The maximum absolute atomic E-state index is 12.6. The van der Waals surface area contributed by atoms with Crippen LogP contribution in [0.25, 0.3) is 22.2 Å². The molecule has 1 N–H and O–H groups in total. The molecule has 4 heterocycles. The van der Waals surface area contributed by atoms with E-state index < -0.39 is 0 Å². The van der Waals surface area contributed by atoms with Gasteiger partial charge in [0.25, 0.3) is 0 Å². The fourth-order valence-corrected chi connectivity index (χ4v) is 4.07. The van der Waals surface area contributed by atoms with Crippen LogP contribution in [0.5, 0.6) is 0 Å². The van der Waals surface area contributed by atoms with E-state index in [9.17, 15) is 4.79 Å². The Kier molecular flexibility index (Phi) is 4.73. The lowest BCUT2D eigenvalue weighted by atomic mass is 9.78. The van der Waals surface area contributed by atoms with Crippen LogP contribution in [0, 0.1) is 5.92 Å². The van der Waals surface area contributed by atoms with E-state index in [1.165, 1.54) is 0 Å². The van der Waals surface area contributed by atoms with Gasteiger partial charge in [0.1, 0.15) is 5.82 Å². The Morgan fingerprint density at radius 1 is 1.21 bits per heavy atom. The van der Waals surface area contributed by atoms with Gasteiger partial charge in [0.05, 0.1) is 30.6 Å². The molecule has 29 heavy (non-hydrogen) atoms. The zero-order valence-electron chi connectivity index (χ0n) is 16.4. The van der Waals surface area contributed by atoms with Crippen molar-refractivity contribution in [3.8, 4) is 11.3 Å². The minimum absolute atomic E-state index is 0.0461. The molecule has 0 aromatic carbocycles. The summed E-state index contributed by atoms with van der Waals surface area (Å²) in [4.78, 5) is 24.2. The molecule has 0 bridgehead atoms. The lowest BCUT2D eigenvalue weighted by molar-refractivity contribution is -0.125. The number of anilines is 1. The highest BCUT2D eigenvalue weighted by atomic mass is 16.5. The number of carbonyl (C=O) groups is 1. The lowest BCUT2D eigenvalue weighted by Gasteiger charge is -2.43. The SMILES string of the molecule is Cn1cc(-c2ccc3cnc(NC(=O)[C@H]4C[C@H](N5CCOCC5)C4)cc3n2)cn1. The van der Waals surface area contributed by atoms with Crippen LogP contribution in [0.4, 0.5) is 5.82 Å². The highest BCUT2D eigenvalue weighted by Gasteiger charge is 2.38. The van der Waals surface area contributed by atoms with Gasteiger partial charge in [-0.3, -0.25) is 14.4 Å². The highest BCUT2D eigenvalue weighted by molar-refractivity contribution is 5.94. The quantitative estimate of drug-likeness (QED) is 0.732. The summed E-state index contributed by atoms with van der Waals surface area (Å²) in [6, 6.07) is 6.29. The van der Waals surface area contributed by atoms with E-state index in [1.54, 1.807) is 17.1 Å². The number of fused-ring (bicyclic) bond motifs is 1. The number of aromatic nitrogens is 4. The summed E-state index contributed by atoms with van der Waals surface area (Å²) in [5.74, 6) is 0.646. The Labute approximate surface area is 168 Å². The van der Waals surface area contributed by atoms with Crippen LogP contribution >= 0.6 is 0 Å². The summed E-state index contributed by atoms with van der Waals surface area (Å²) < 4.78 is 7.16. The summed E-state index contributed by atoms with van der Waals surface area (Å²) >= 11 is 0. The van der Waals surface area contributed by atoms with E-state index in [-0.39, 0.29) is 11.8 Å². The molecule has 2 fully saturated rings. The van der Waals surface area contributed by atoms with Crippen LogP contribution in [-0.2, 0) is 16.6 Å². The van der Waals surface area contributed by atoms with Crippen molar-refractivity contribution >= 4 is 22.6 Å². The molecule has 150 valence electrons. The molecule has 0 spiro atoms. The average molecular weight is 392 g/mol. The van der Waals surface area contributed by atoms with E-state index in [0.29, 0.717) is 11.9 Å². The maximum atomic E-state index is 12.6. The largest absolute Gasteiger partial charge is 0.379 e. The maximum Gasteiger partial charge on any atom is 0.228 e. The van der Waals surface area contributed by atoms with Gasteiger partial charge in [-0.15, -0.1) is 0 Å². The summed E-state index contributed by atoms with van der Waals surface area (Å²) in [5.41, 5.74) is 2.61. The van der Waals surface area contributed by atoms with Gasteiger partial charge in [-0.05, 0) is 25.0 Å². The molecular weight excluding hydrogens is 368 g/mol. The first kappa shape index (κ1) is 18.2. The molecule has 1 aliphatic carbocycles. The molecule has 8 nitrogen and oxygen atoms in total. The molecule has 2 aliphatic rings. The zero-order valence-corrected chi connectivity index (χ0v) is 16.4. The predicted octanol–water partition coefficient (Wildman–Crippen LogP) is 2.08. The first-order valence-corrected chi connectivity index (χ1v) is 10.0. The minimum Gasteiger partial charge on any atom is -0.379 e. The van der Waals surface area contributed by atoms with Gasteiger partial charge in [0.15, 0.2) is 0 Å². The fourth-order valence-electron chi connectivity index (χ4n) is 4.07. The van der Waals surface area contributed by atoms with Crippen LogP contribution < -0.4 is 5.32 Å². The second-order valence-corrected chi connectivity index (χ2v) is 7.82. The summed E-state index contributed by atoms with van der Waals surface area (Å²) in [6.07, 6.45) is 7.28. The van der Waals surface area contributed by atoms with E-state index in [2.05, 4.69) is 20.3 Å². The number of amides is 1. The molecular formula is C21H24N6O2. The molecule has 1 amide bonds. The highest BCUT2D eigenvalue weighted by Crippen LogP contribution is 2.33. The number of morpholine rings is 1. The van der Waals surface area contributed by atoms with Crippen LogP contribution in [-0.4, -0.2) is 62.9 Å². The smallest absolute Gasteiger partial charge is 0.228 e.